The molecule has 1 fully saturated rings. The Hall–Kier alpha value is -3.74. The average molecular weight is 509 g/mol. The number of halogens is 3. The molecule has 0 unspecified atom stereocenters. The zero-order chi connectivity index (χ0) is 26.2. The van der Waals surface area contributed by atoms with E-state index in [9.17, 15) is 13.2 Å². The van der Waals surface area contributed by atoms with Gasteiger partial charge in [0.05, 0.1) is 24.8 Å². The minimum absolute atomic E-state index is 0.0266. The highest BCUT2D eigenvalue weighted by molar-refractivity contribution is 5.53. The molecule has 0 radical (unpaired) electrons. The molecule has 1 saturated heterocycles. The predicted molar refractivity (Wildman–Crippen MR) is 131 cm³/mol. The molecule has 3 aromatic rings. The molecule has 1 aromatic heterocycles. The van der Waals surface area contributed by atoms with Gasteiger partial charge < -0.3 is 9.47 Å². The van der Waals surface area contributed by atoms with Crippen LogP contribution < -0.4 is 0 Å². The predicted octanol–water partition coefficient (Wildman–Crippen LogP) is 5.64. The summed E-state index contributed by atoms with van der Waals surface area (Å²) in [5, 5.41) is 13.0. The summed E-state index contributed by atoms with van der Waals surface area (Å²) in [7, 11) is 0. The van der Waals surface area contributed by atoms with Gasteiger partial charge in [0.1, 0.15) is 30.1 Å². The second kappa shape index (κ2) is 12.5. The van der Waals surface area contributed by atoms with Crippen LogP contribution >= 0.6 is 0 Å². The lowest BCUT2D eigenvalue weighted by Crippen LogP contribution is -2.33. The zero-order valence-electron chi connectivity index (χ0n) is 20.3. The Labute approximate surface area is 213 Å². The van der Waals surface area contributed by atoms with Crippen LogP contribution in [0.1, 0.15) is 36.0 Å². The minimum Gasteiger partial charge on any atom is -0.349 e. The van der Waals surface area contributed by atoms with E-state index in [4.69, 9.17) is 14.7 Å². The van der Waals surface area contributed by atoms with Crippen molar-refractivity contribution in [3.63, 3.8) is 0 Å². The fraction of sp³-hybridized carbons (Fsp3) is 0.321. The Kier molecular flexibility index (Phi) is 8.88. The van der Waals surface area contributed by atoms with Gasteiger partial charge in [-0.15, -0.1) is 0 Å². The van der Waals surface area contributed by atoms with Crippen molar-refractivity contribution >= 4 is 6.08 Å². The zero-order valence-corrected chi connectivity index (χ0v) is 20.3. The lowest BCUT2D eigenvalue weighted by Gasteiger charge is -2.32. The van der Waals surface area contributed by atoms with Gasteiger partial charge in [0.25, 0.3) is 0 Å². The largest absolute Gasteiger partial charge is 0.349 e. The summed E-state index contributed by atoms with van der Waals surface area (Å²) >= 11 is 0. The maximum atomic E-state index is 14.7. The van der Waals surface area contributed by atoms with E-state index >= 15 is 0 Å². The third-order valence-electron chi connectivity index (χ3n) is 6.38. The first-order chi connectivity index (χ1) is 17.9. The Bertz CT molecular complexity index is 1280. The second-order valence-electron chi connectivity index (χ2n) is 9.10. The van der Waals surface area contributed by atoms with Gasteiger partial charge in [0.15, 0.2) is 6.29 Å². The molecule has 2 heterocycles. The van der Waals surface area contributed by atoms with Crippen LogP contribution in [0.15, 0.2) is 67.3 Å². The highest BCUT2D eigenvalue weighted by Gasteiger charge is 2.28. The van der Waals surface area contributed by atoms with Gasteiger partial charge in [0.2, 0.25) is 0 Å². The van der Waals surface area contributed by atoms with Crippen molar-refractivity contribution in [2.75, 3.05) is 13.2 Å². The van der Waals surface area contributed by atoms with Gasteiger partial charge in [-0.2, -0.15) is 10.4 Å². The third-order valence-corrected chi connectivity index (χ3v) is 6.38. The monoisotopic (exact) mass is 508 g/mol. The lowest BCUT2D eigenvalue weighted by atomic mass is 9.81. The van der Waals surface area contributed by atoms with Crippen molar-refractivity contribution in [2.24, 2.45) is 11.8 Å². The Balaban J connectivity index is 1.32. The molecule has 2 atom stereocenters. The van der Waals surface area contributed by atoms with Crippen LogP contribution in [-0.2, 0) is 16.0 Å². The van der Waals surface area contributed by atoms with E-state index < -0.39 is 23.7 Å². The molecular formula is C28H27F3N4O2. The molecule has 37 heavy (non-hydrogen) atoms. The van der Waals surface area contributed by atoms with E-state index in [-0.39, 0.29) is 23.3 Å². The lowest BCUT2D eigenvalue weighted by molar-refractivity contribution is -0.177. The topological polar surface area (TPSA) is 73.0 Å². The molecule has 6 nitrogen and oxygen atoms in total. The van der Waals surface area contributed by atoms with Gasteiger partial charge in [-0.25, -0.2) is 18.2 Å². The van der Waals surface area contributed by atoms with Crippen LogP contribution in [0, 0.1) is 40.6 Å². The van der Waals surface area contributed by atoms with Gasteiger partial charge in [0, 0.05) is 30.0 Å². The molecule has 0 spiro atoms. The molecule has 0 saturated carbocycles. The van der Waals surface area contributed by atoms with Crippen molar-refractivity contribution in [3.8, 4) is 6.07 Å². The third kappa shape index (κ3) is 7.15. The van der Waals surface area contributed by atoms with E-state index in [0.29, 0.717) is 37.3 Å². The summed E-state index contributed by atoms with van der Waals surface area (Å²) < 4.78 is 55.4. The highest BCUT2D eigenvalue weighted by atomic mass is 19.1. The van der Waals surface area contributed by atoms with Gasteiger partial charge in [-0.05, 0) is 42.2 Å². The molecule has 1 aliphatic heterocycles. The summed E-state index contributed by atoms with van der Waals surface area (Å²) in [5.74, 6) is -1.77. The van der Waals surface area contributed by atoms with E-state index in [0.717, 1.165) is 6.07 Å². The Morgan fingerprint density at radius 3 is 2.59 bits per heavy atom. The fourth-order valence-corrected chi connectivity index (χ4v) is 4.46. The normalized spacial score (nSPS) is 19.8. The molecule has 0 N–H and O–H groups in total. The quantitative estimate of drug-likeness (QED) is 0.350. The highest BCUT2D eigenvalue weighted by Crippen LogP contribution is 2.34. The number of aromatic nitrogens is 3. The van der Waals surface area contributed by atoms with E-state index in [1.807, 2.05) is 13.0 Å². The molecule has 0 bridgehead atoms. The van der Waals surface area contributed by atoms with Crippen molar-refractivity contribution in [1.82, 2.24) is 14.8 Å². The Morgan fingerprint density at radius 2 is 1.92 bits per heavy atom. The van der Waals surface area contributed by atoms with Crippen LogP contribution in [0.25, 0.3) is 6.08 Å². The van der Waals surface area contributed by atoms with E-state index in [1.54, 1.807) is 47.4 Å². The number of nitrogens with zero attached hydrogens (tertiary/aromatic N) is 4. The number of benzene rings is 2. The number of hydrogen-bond donors (Lipinski definition) is 0. The summed E-state index contributed by atoms with van der Waals surface area (Å²) in [6.07, 6.45) is 9.93. The molecule has 0 amide bonds. The van der Waals surface area contributed by atoms with Crippen LogP contribution in [0.2, 0.25) is 0 Å². The van der Waals surface area contributed by atoms with Crippen LogP contribution in [0.3, 0.4) is 0 Å². The van der Waals surface area contributed by atoms with Crippen molar-refractivity contribution in [2.45, 2.75) is 32.1 Å². The molecule has 0 aliphatic carbocycles. The van der Waals surface area contributed by atoms with Crippen LogP contribution in [0.4, 0.5) is 13.2 Å². The molecule has 1 aliphatic rings. The van der Waals surface area contributed by atoms with Crippen molar-refractivity contribution in [1.29, 1.82) is 5.26 Å². The minimum atomic E-state index is -0.613. The maximum absolute atomic E-state index is 14.7. The molecule has 192 valence electrons. The van der Waals surface area contributed by atoms with E-state index in [1.165, 1.54) is 24.5 Å². The Morgan fingerprint density at radius 1 is 1.11 bits per heavy atom. The summed E-state index contributed by atoms with van der Waals surface area (Å²) in [4.78, 5) is 3.96. The standard InChI is InChI=1S/C28H27F3N4O2/c1-19(25(14-35-18-33-17-34-35)24-9-8-23(29)12-27(24)31)10-21-15-36-28(37-16-21)5-3-2-4-22-7-6-20(13-32)11-26(22)30/h2-9,11-12,17-19,21,25,28H,10,14-16H2,1H3/b4-2+,5-3+/t19-,21?,25-,28?/m0/s1. The second-order valence-corrected chi connectivity index (χ2v) is 9.10. The summed E-state index contributed by atoms with van der Waals surface area (Å²) in [5.41, 5.74) is 1.08. The van der Waals surface area contributed by atoms with Gasteiger partial charge >= 0.3 is 0 Å². The number of rotatable bonds is 9. The molecular weight excluding hydrogens is 481 g/mol. The fourth-order valence-electron chi connectivity index (χ4n) is 4.46. The first kappa shape index (κ1) is 26.3. The smallest absolute Gasteiger partial charge is 0.177 e. The number of ether oxygens (including phenoxy) is 2. The first-order valence-corrected chi connectivity index (χ1v) is 12.0. The van der Waals surface area contributed by atoms with Crippen LogP contribution in [0.5, 0.6) is 0 Å². The first-order valence-electron chi connectivity index (χ1n) is 12.0. The maximum Gasteiger partial charge on any atom is 0.177 e. The van der Waals surface area contributed by atoms with Gasteiger partial charge in [-0.3, -0.25) is 4.68 Å². The van der Waals surface area contributed by atoms with Crippen molar-refractivity contribution in [3.05, 3.63) is 101 Å². The molecule has 9 heteroatoms. The average Bonchev–Trinajstić information content (AvgIpc) is 3.40. The number of nitriles is 1. The van der Waals surface area contributed by atoms with E-state index in [2.05, 4.69) is 10.1 Å². The summed E-state index contributed by atoms with van der Waals surface area (Å²) in [6, 6.07) is 9.87. The SMILES string of the molecule is C[C@@H](CC1COC(/C=C/C=C/c2ccc(C#N)cc2F)OC1)[C@H](Cn1cncn1)c1ccc(F)cc1F. The number of allylic oxidation sites excluding steroid dienone is 2. The number of hydrogen-bond acceptors (Lipinski definition) is 5. The molecule has 4 rings (SSSR count). The molecule has 2 aromatic carbocycles. The summed E-state index contributed by atoms with van der Waals surface area (Å²) in [6.45, 7) is 3.38. The van der Waals surface area contributed by atoms with Crippen LogP contribution in [-0.4, -0.2) is 34.3 Å². The van der Waals surface area contributed by atoms with Gasteiger partial charge in [-0.1, -0.05) is 37.3 Å². The van der Waals surface area contributed by atoms with Crippen molar-refractivity contribution < 1.29 is 22.6 Å².